The highest BCUT2D eigenvalue weighted by Gasteiger charge is 2.16. The van der Waals surface area contributed by atoms with Crippen LogP contribution in [0.25, 0.3) is 0 Å². The maximum atomic E-state index is 13.0. The fourth-order valence-electron chi connectivity index (χ4n) is 1.63. The Morgan fingerprint density at radius 3 is 2.89 bits per heavy atom. The van der Waals surface area contributed by atoms with E-state index in [4.69, 9.17) is 5.84 Å². The largest absolute Gasteiger partial charge is 0.271 e. The Morgan fingerprint density at radius 1 is 1.56 bits per heavy atom. The van der Waals surface area contributed by atoms with Gasteiger partial charge in [0.15, 0.2) is 5.82 Å². The number of hydrogen-bond donors (Lipinski definition) is 2. The van der Waals surface area contributed by atoms with Crippen molar-refractivity contribution in [3.8, 4) is 0 Å². The standard InChI is InChI=1S/C10H12BrFN6/c1-18-16-10(15-17-18)5-9(14-13)7-3-2-6(12)4-8(7)11/h2-4,9,14H,5,13H2,1H3. The predicted molar refractivity (Wildman–Crippen MR) is 66.7 cm³/mol. The molecular weight excluding hydrogens is 303 g/mol. The smallest absolute Gasteiger partial charge is 0.176 e. The molecule has 0 saturated heterocycles. The Morgan fingerprint density at radius 2 is 2.33 bits per heavy atom. The number of nitrogens with two attached hydrogens (primary N) is 1. The summed E-state index contributed by atoms with van der Waals surface area (Å²) in [5.74, 6) is 5.78. The third-order valence-corrected chi connectivity index (χ3v) is 3.16. The summed E-state index contributed by atoms with van der Waals surface area (Å²) in [6.07, 6.45) is 0.467. The van der Waals surface area contributed by atoms with Gasteiger partial charge in [0.1, 0.15) is 5.82 Å². The van der Waals surface area contributed by atoms with Gasteiger partial charge in [-0.2, -0.15) is 4.80 Å². The van der Waals surface area contributed by atoms with E-state index in [9.17, 15) is 4.39 Å². The lowest BCUT2D eigenvalue weighted by atomic mass is 10.0. The summed E-state index contributed by atoms with van der Waals surface area (Å²) in [6, 6.07) is 4.22. The topological polar surface area (TPSA) is 81.7 Å². The number of rotatable bonds is 4. The molecule has 0 radical (unpaired) electrons. The van der Waals surface area contributed by atoms with E-state index < -0.39 is 0 Å². The van der Waals surface area contributed by atoms with Gasteiger partial charge < -0.3 is 0 Å². The van der Waals surface area contributed by atoms with Crippen LogP contribution in [0.1, 0.15) is 17.4 Å². The van der Waals surface area contributed by atoms with Crippen molar-refractivity contribution in [2.45, 2.75) is 12.5 Å². The highest BCUT2D eigenvalue weighted by molar-refractivity contribution is 9.10. The Balaban J connectivity index is 2.22. The van der Waals surface area contributed by atoms with Crippen LogP contribution < -0.4 is 11.3 Å². The lowest BCUT2D eigenvalue weighted by molar-refractivity contribution is 0.532. The Labute approximate surface area is 111 Å². The van der Waals surface area contributed by atoms with E-state index >= 15 is 0 Å². The minimum absolute atomic E-state index is 0.218. The van der Waals surface area contributed by atoms with Gasteiger partial charge in [0.25, 0.3) is 0 Å². The summed E-state index contributed by atoms with van der Waals surface area (Å²) in [5, 5.41) is 11.7. The first kappa shape index (κ1) is 13.1. The fourth-order valence-corrected chi connectivity index (χ4v) is 2.26. The van der Waals surface area contributed by atoms with Crippen molar-refractivity contribution < 1.29 is 4.39 Å². The molecule has 0 aliphatic heterocycles. The molecule has 1 unspecified atom stereocenters. The number of nitrogens with one attached hydrogen (secondary N) is 1. The van der Waals surface area contributed by atoms with Crippen molar-refractivity contribution in [1.29, 1.82) is 0 Å². The molecule has 3 N–H and O–H groups in total. The third kappa shape index (κ3) is 2.89. The molecule has 0 saturated carbocycles. The molecule has 0 aliphatic carbocycles. The highest BCUT2D eigenvalue weighted by atomic mass is 79.9. The van der Waals surface area contributed by atoms with Crippen LogP contribution in [0.4, 0.5) is 4.39 Å². The average molecular weight is 315 g/mol. The maximum Gasteiger partial charge on any atom is 0.176 e. The molecule has 6 nitrogen and oxygen atoms in total. The molecule has 2 rings (SSSR count). The normalized spacial score (nSPS) is 12.7. The quantitative estimate of drug-likeness (QED) is 0.646. The average Bonchev–Trinajstić information content (AvgIpc) is 2.72. The zero-order chi connectivity index (χ0) is 13.1. The van der Waals surface area contributed by atoms with Crippen molar-refractivity contribution in [2.24, 2.45) is 12.9 Å². The van der Waals surface area contributed by atoms with E-state index in [1.54, 1.807) is 13.1 Å². The van der Waals surface area contributed by atoms with Crippen LogP contribution in [-0.4, -0.2) is 20.2 Å². The number of hydrogen-bond acceptors (Lipinski definition) is 5. The van der Waals surface area contributed by atoms with Gasteiger partial charge >= 0.3 is 0 Å². The maximum absolute atomic E-state index is 13.0. The molecule has 1 atom stereocenters. The lowest BCUT2D eigenvalue weighted by Gasteiger charge is -2.16. The van der Waals surface area contributed by atoms with E-state index in [0.717, 1.165) is 5.56 Å². The van der Waals surface area contributed by atoms with Crippen LogP contribution in [0.5, 0.6) is 0 Å². The molecule has 0 aliphatic rings. The molecule has 0 spiro atoms. The van der Waals surface area contributed by atoms with Crippen LogP contribution in [0.3, 0.4) is 0 Å². The molecule has 96 valence electrons. The molecule has 1 heterocycles. The molecule has 0 amide bonds. The van der Waals surface area contributed by atoms with E-state index in [1.807, 2.05) is 0 Å². The number of nitrogens with zero attached hydrogens (tertiary/aromatic N) is 4. The van der Waals surface area contributed by atoms with E-state index in [0.29, 0.717) is 16.7 Å². The Bertz CT molecular complexity index is 543. The zero-order valence-electron chi connectivity index (χ0n) is 9.64. The monoisotopic (exact) mass is 314 g/mol. The summed E-state index contributed by atoms with van der Waals surface area (Å²) >= 11 is 3.31. The molecule has 0 fully saturated rings. The van der Waals surface area contributed by atoms with Crippen molar-refractivity contribution in [1.82, 2.24) is 25.6 Å². The number of aromatic nitrogens is 4. The van der Waals surface area contributed by atoms with Crippen molar-refractivity contribution in [3.05, 3.63) is 39.9 Å². The minimum atomic E-state index is -0.306. The number of benzene rings is 1. The van der Waals surface area contributed by atoms with Crippen LogP contribution in [0.15, 0.2) is 22.7 Å². The fraction of sp³-hybridized carbons (Fsp3) is 0.300. The predicted octanol–water partition coefficient (Wildman–Crippen LogP) is 0.859. The molecular formula is C10H12BrFN6. The van der Waals surface area contributed by atoms with Crippen molar-refractivity contribution in [3.63, 3.8) is 0 Å². The summed E-state index contributed by atoms with van der Waals surface area (Å²) in [7, 11) is 1.69. The second-order valence-electron chi connectivity index (χ2n) is 3.78. The van der Waals surface area contributed by atoms with Gasteiger partial charge in [-0.15, -0.1) is 10.2 Å². The molecule has 0 bridgehead atoms. The number of tetrazole rings is 1. The van der Waals surface area contributed by atoms with Crippen LogP contribution in [0.2, 0.25) is 0 Å². The second kappa shape index (κ2) is 5.51. The minimum Gasteiger partial charge on any atom is -0.271 e. The first-order valence-electron chi connectivity index (χ1n) is 5.24. The molecule has 8 heteroatoms. The summed E-state index contributed by atoms with van der Waals surface area (Å²) in [4.78, 5) is 1.38. The summed E-state index contributed by atoms with van der Waals surface area (Å²) < 4.78 is 13.7. The molecule has 18 heavy (non-hydrogen) atoms. The van der Waals surface area contributed by atoms with Crippen molar-refractivity contribution in [2.75, 3.05) is 0 Å². The summed E-state index contributed by atoms with van der Waals surface area (Å²) in [5.41, 5.74) is 3.51. The highest BCUT2D eigenvalue weighted by Crippen LogP contribution is 2.25. The molecule has 2 aromatic rings. The van der Waals surface area contributed by atoms with Gasteiger partial charge in [0.2, 0.25) is 0 Å². The van der Waals surface area contributed by atoms with Gasteiger partial charge in [0.05, 0.1) is 13.1 Å². The molecule has 1 aromatic heterocycles. The van der Waals surface area contributed by atoms with Gasteiger partial charge in [-0.3, -0.25) is 11.3 Å². The molecule has 1 aromatic carbocycles. The number of aryl methyl sites for hydroxylation is 1. The van der Waals surface area contributed by atoms with Gasteiger partial charge in [-0.25, -0.2) is 4.39 Å². The van der Waals surface area contributed by atoms with E-state index in [-0.39, 0.29) is 11.9 Å². The van der Waals surface area contributed by atoms with Crippen molar-refractivity contribution >= 4 is 15.9 Å². The van der Waals surface area contributed by atoms with Gasteiger partial charge in [-0.1, -0.05) is 22.0 Å². The second-order valence-corrected chi connectivity index (χ2v) is 4.64. The SMILES string of the molecule is Cn1nnc(CC(NN)c2ccc(F)cc2Br)n1. The first-order valence-corrected chi connectivity index (χ1v) is 6.03. The zero-order valence-corrected chi connectivity index (χ0v) is 11.2. The first-order chi connectivity index (χ1) is 8.60. The van der Waals surface area contributed by atoms with Gasteiger partial charge in [0, 0.05) is 10.9 Å². The van der Waals surface area contributed by atoms with Crippen LogP contribution in [-0.2, 0) is 13.5 Å². The lowest BCUT2D eigenvalue weighted by Crippen LogP contribution is -2.30. The van der Waals surface area contributed by atoms with E-state index in [1.165, 1.54) is 16.9 Å². The number of hydrazine groups is 1. The van der Waals surface area contributed by atoms with Crippen LogP contribution >= 0.6 is 15.9 Å². The Hall–Kier alpha value is -1.38. The summed E-state index contributed by atoms with van der Waals surface area (Å²) in [6.45, 7) is 0. The Kier molecular flexibility index (Phi) is 4.00. The van der Waals surface area contributed by atoms with Crippen LogP contribution in [0, 0.1) is 5.82 Å². The third-order valence-electron chi connectivity index (χ3n) is 2.48. The number of halogens is 2. The van der Waals surface area contributed by atoms with E-state index in [2.05, 4.69) is 36.8 Å². The van der Waals surface area contributed by atoms with Gasteiger partial charge in [-0.05, 0) is 22.9 Å².